The molecule has 2 aromatic carbocycles. The van der Waals surface area contributed by atoms with Gasteiger partial charge in [-0.25, -0.2) is 0 Å². The molecule has 0 unspecified atom stereocenters. The highest BCUT2D eigenvalue weighted by atomic mass is 16.2. The summed E-state index contributed by atoms with van der Waals surface area (Å²) in [4.78, 5) is 12.2. The van der Waals surface area contributed by atoms with E-state index in [9.17, 15) is 4.79 Å². The topological polar surface area (TPSA) is 32.3 Å². The van der Waals surface area contributed by atoms with Crippen LogP contribution < -0.4 is 10.4 Å². The minimum absolute atomic E-state index is 0.0392. The van der Waals surface area contributed by atoms with Gasteiger partial charge in [0.2, 0.25) is 5.91 Å². The number of hydrogen-bond donors (Lipinski definition) is 1. The summed E-state index contributed by atoms with van der Waals surface area (Å²) in [5, 5.41) is 2.01. The van der Waals surface area contributed by atoms with Gasteiger partial charge >= 0.3 is 0 Å². The number of nitrogens with zero attached hydrogens (tertiary/aromatic N) is 1. The third kappa shape index (κ3) is 3.07. The lowest BCUT2D eigenvalue weighted by atomic mass is 9.99. The average Bonchev–Trinajstić information content (AvgIpc) is 2.48. The molecular formula is C18H20N2O. The highest BCUT2D eigenvalue weighted by Crippen LogP contribution is 2.29. The first kappa shape index (κ1) is 13.7. The van der Waals surface area contributed by atoms with Crippen LogP contribution in [0.3, 0.4) is 0 Å². The zero-order valence-corrected chi connectivity index (χ0v) is 12.3. The molecule has 21 heavy (non-hydrogen) atoms. The molecule has 1 N–H and O–H groups in total. The third-order valence-corrected chi connectivity index (χ3v) is 3.89. The molecule has 3 heteroatoms. The summed E-state index contributed by atoms with van der Waals surface area (Å²) in [6.07, 6.45) is 2.57. The Morgan fingerprint density at radius 2 is 1.95 bits per heavy atom. The standard InChI is InChI=1S/C18H20N2O/c1-14-7-5-10-16-11-6-12-20(18(14)16)19-17(21)13-15-8-3-2-4-9-15/h2-5,7-10H,6,11-13H2,1H3,(H,19,21). The van der Waals surface area contributed by atoms with Crippen LogP contribution in [-0.2, 0) is 17.6 Å². The second kappa shape index (κ2) is 6.00. The van der Waals surface area contributed by atoms with E-state index in [2.05, 4.69) is 30.5 Å². The summed E-state index contributed by atoms with van der Waals surface area (Å²) in [5.41, 5.74) is 7.80. The molecule has 1 aliphatic rings. The van der Waals surface area contributed by atoms with Gasteiger partial charge in [-0.1, -0.05) is 48.5 Å². The molecule has 1 amide bonds. The molecule has 0 bridgehead atoms. The fourth-order valence-electron chi connectivity index (χ4n) is 2.93. The number of benzene rings is 2. The van der Waals surface area contributed by atoms with Crippen molar-refractivity contribution in [1.29, 1.82) is 0 Å². The van der Waals surface area contributed by atoms with E-state index < -0.39 is 0 Å². The number of para-hydroxylation sites is 1. The van der Waals surface area contributed by atoms with Crippen molar-refractivity contribution >= 4 is 11.6 Å². The van der Waals surface area contributed by atoms with Gasteiger partial charge in [0, 0.05) is 6.54 Å². The van der Waals surface area contributed by atoms with E-state index in [1.54, 1.807) is 0 Å². The predicted octanol–water partition coefficient (Wildman–Crippen LogP) is 3.02. The van der Waals surface area contributed by atoms with Gasteiger partial charge in [0.1, 0.15) is 0 Å². The van der Waals surface area contributed by atoms with Crippen LogP contribution in [0.4, 0.5) is 5.69 Å². The number of rotatable bonds is 3. The number of anilines is 1. The first-order chi connectivity index (χ1) is 10.2. The van der Waals surface area contributed by atoms with Crippen LogP contribution in [0.5, 0.6) is 0 Å². The van der Waals surface area contributed by atoms with Crippen LogP contribution >= 0.6 is 0 Å². The van der Waals surface area contributed by atoms with Gasteiger partial charge in [-0.2, -0.15) is 0 Å². The molecule has 2 aromatic rings. The molecule has 0 saturated carbocycles. The van der Waals surface area contributed by atoms with Gasteiger partial charge in [0.25, 0.3) is 0 Å². The monoisotopic (exact) mass is 280 g/mol. The highest BCUT2D eigenvalue weighted by molar-refractivity contribution is 5.81. The number of hydrogen-bond acceptors (Lipinski definition) is 2. The first-order valence-corrected chi connectivity index (χ1v) is 7.43. The van der Waals surface area contributed by atoms with E-state index in [1.807, 2.05) is 35.3 Å². The van der Waals surface area contributed by atoms with E-state index in [4.69, 9.17) is 0 Å². The van der Waals surface area contributed by atoms with Crippen LogP contribution in [0.2, 0.25) is 0 Å². The molecule has 108 valence electrons. The molecule has 0 spiro atoms. The Bertz CT molecular complexity index is 637. The number of hydrazine groups is 1. The number of nitrogens with one attached hydrogen (secondary N) is 1. The summed E-state index contributed by atoms with van der Waals surface area (Å²) in [7, 11) is 0. The minimum atomic E-state index is 0.0392. The van der Waals surface area contributed by atoms with E-state index in [0.717, 1.165) is 24.9 Å². The number of fused-ring (bicyclic) bond motifs is 1. The third-order valence-electron chi connectivity index (χ3n) is 3.89. The van der Waals surface area contributed by atoms with Gasteiger partial charge in [0.15, 0.2) is 0 Å². The fraction of sp³-hybridized carbons (Fsp3) is 0.278. The Balaban J connectivity index is 1.73. The SMILES string of the molecule is Cc1cccc2c1N(NC(=O)Cc1ccccc1)CCC2. The molecule has 1 aliphatic heterocycles. The molecule has 1 heterocycles. The van der Waals surface area contributed by atoms with E-state index in [-0.39, 0.29) is 5.91 Å². The second-order valence-electron chi connectivity index (χ2n) is 5.54. The van der Waals surface area contributed by atoms with Crippen molar-refractivity contribution in [2.75, 3.05) is 11.6 Å². The summed E-state index contributed by atoms with van der Waals surface area (Å²) in [6, 6.07) is 16.2. The Morgan fingerprint density at radius 1 is 1.14 bits per heavy atom. The summed E-state index contributed by atoms with van der Waals surface area (Å²) >= 11 is 0. The van der Waals surface area contributed by atoms with E-state index >= 15 is 0 Å². The molecule has 0 fully saturated rings. The molecular weight excluding hydrogens is 260 g/mol. The minimum Gasteiger partial charge on any atom is -0.285 e. The van der Waals surface area contributed by atoms with Crippen LogP contribution in [-0.4, -0.2) is 12.5 Å². The summed E-state index contributed by atoms with van der Waals surface area (Å²) < 4.78 is 0. The lowest BCUT2D eigenvalue weighted by Crippen LogP contribution is -2.46. The number of aryl methyl sites for hydroxylation is 2. The van der Waals surface area contributed by atoms with Crippen molar-refractivity contribution in [2.45, 2.75) is 26.2 Å². The number of amides is 1. The predicted molar refractivity (Wildman–Crippen MR) is 85.1 cm³/mol. The second-order valence-corrected chi connectivity index (χ2v) is 5.54. The van der Waals surface area contributed by atoms with Gasteiger partial charge in [-0.3, -0.25) is 15.2 Å². The van der Waals surface area contributed by atoms with Gasteiger partial charge in [-0.05, 0) is 36.5 Å². The zero-order chi connectivity index (χ0) is 14.7. The Hall–Kier alpha value is -2.29. The van der Waals surface area contributed by atoms with Crippen LogP contribution in [0.15, 0.2) is 48.5 Å². The Kier molecular flexibility index (Phi) is 3.91. The number of carbonyl (C=O) groups is 1. The van der Waals surface area contributed by atoms with Gasteiger partial charge in [-0.15, -0.1) is 0 Å². The van der Waals surface area contributed by atoms with Crippen molar-refractivity contribution in [2.24, 2.45) is 0 Å². The van der Waals surface area contributed by atoms with E-state index in [0.29, 0.717) is 6.42 Å². The van der Waals surface area contributed by atoms with Crippen molar-refractivity contribution in [3.63, 3.8) is 0 Å². The molecule has 0 saturated heterocycles. The summed E-state index contributed by atoms with van der Waals surface area (Å²) in [5.74, 6) is 0.0392. The quantitative estimate of drug-likeness (QED) is 0.937. The van der Waals surface area contributed by atoms with Crippen molar-refractivity contribution in [3.8, 4) is 0 Å². The van der Waals surface area contributed by atoms with Gasteiger partial charge in [0.05, 0.1) is 12.1 Å². The summed E-state index contributed by atoms with van der Waals surface area (Å²) in [6.45, 7) is 2.97. The maximum absolute atomic E-state index is 12.2. The van der Waals surface area contributed by atoms with E-state index in [1.165, 1.54) is 16.8 Å². The average molecular weight is 280 g/mol. The molecule has 0 radical (unpaired) electrons. The lowest BCUT2D eigenvalue weighted by Gasteiger charge is -2.32. The van der Waals surface area contributed by atoms with Crippen molar-refractivity contribution in [1.82, 2.24) is 5.43 Å². The van der Waals surface area contributed by atoms with Gasteiger partial charge < -0.3 is 0 Å². The zero-order valence-electron chi connectivity index (χ0n) is 12.3. The molecule has 0 aliphatic carbocycles. The number of carbonyl (C=O) groups excluding carboxylic acids is 1. The molecule has 3 rings (SSSR count). The normalized spacial score (nSPS) is 13.7. The maximum Gasteiger partial charge on any atom is 0.242 e. The Morgan fingerprint density at radius 3 is 2.76 bits per heavy atom. The molecule has 0 aromatic heterocycles. The van der Waals surface area contributed by atoms with Crippen molar-refractivity contribution < 1.29 is 4.79 Å². The first-order valence-electron chi connectivity index (χ1n) is 7.43. The molecule has 3 nitrogen and oxygen atoms in total. The van der Waals surface area contributed by atoms with Crippen LogP contribution in [0, 0.1) is 6.92 Å². The van der Waals surface area contributed by atoms with Crippen LogP contribution in [0.1, 0.15) is 23.1 Å². The lowest BCUT2D eigenvalue weighted by molar-refractivity contribution is -0.120. The highest BCUT2D eigenvalue weighted by Gasteiger charge is 2.20. The van der Waals surface area contributed by atoms with Crippen molar-refractivity contribution in [3.05, 3.63) is 65.2 Å². The Labute approximate surface area is 125 Å². The maximum atomic E-state index is 12.2. The smallest absolute Gasteiger partial charge is 0.242 e. The molecule has 0 atom stereocenters. The fourth-order valence-corrected chi connectivity index (χ4v) is 2.93. The largest absolute Gasteiger partial charge is 0.285 e. The van der Waals surface area contributed by atoms with Crippen LogP contribution in [0.25, 0.3) is 0 Å².